The summed E-state index contributed by atoms with van der Waals surface area (Å²) in [5.74, 6) is 0.431. The van der Waals surface area contributed by atoms with Crippen molar-refractivity contribution < 1.29 is 19.0 Å². The Bertz CT molecular complexity index is 1040. The van der Waals surface area contributed by atoms with Crippen molar-refractivity contribution in [3.63, 3.8) is 0 Å². The van der Waals surface area contributed by atoms with E-state index >= 15 is 0 Å². The van der Waals surface area contributed by atoms with E-state index in [0.29, 0.717) is 11.3 Å². The second-order valence-corrected chi connectivity index (χ2v) is 7.37. The van der Waals surface area contributed by atoms with Gasteiger partial charge in [0, 0.05) is 5.56 Å². The number of hydrogen-bond donors (Lipinski definition) is 1. The van der Waals surface area contributed by atoms with Crippen molar-refractivity contribution in [2.75, 3.05) is 13.7 Å². The molecule has 0 unspecified atom stereocenters. The maximum Gasteiger partial charge on any atom is 0.165 e. The molecular formula is C23H19Cl2FO3. The van der Waals surface area contributed by atoms with Crippen molar-refractivity contribution in [3.8, 4) is 39.5 Å². The van der Waals surface area contributed by atoms with Crippen LogP contribution in [0.4, 0.5) is 4.39 Å². The molecule has 3 rings (SSSR count). The molecule has 0 spiro atoms. The van der Waals surface area contributed by atoms with Gasteiger partial charge in [-0.2, -0.15) is 0 Å². The van der Waals surface area contributed by atoms with Gasteiger partial charge in [0.1, 0.15) is 22.6 Å². The Morgan fingerprint density at radius 1 is 0.966 bits per heavy atom. The molecule has 0 aliphatic rings. The number of methoxy groups -OCH3 is 1. The van der Waals surface area contributed by atoms with Crippen LogP contribution in [0.2, 0.25) is 0 Å². The first-order valence-corrected chi connectivity index (χ1v) is 9.56. The lowest BCUT2D eigenvalue weighted by Crippen LogP contribution is -1.97. The van der Waals surface area contributed by atoms with Crippen LogP contribution in [0.25, 0.3) is 22.3 Å². The Morgan fingerprint density at radius 2 is 1.66 bits per heavy atom. The number of rotatable bonds is 6. The number of aryl methyl sites for hydroxylation is 1. The van der Waals surface area contributed by atoms with Crippen LogP contribution in [-0.2, 0) is 0 Å². The summed E-state index contributed by atoms with van der Waals surface area (Å²) in [6.45, 7) is 2.05. The highest BCUT2D eigenvalue weighted by atomic mass is 35.5. The van der Waals surface area contributed by atoms with Crippen LogP contribution in [0.5, 0.6) is 17.2 Å². The zero-order valence-corrected chi connectivity index (χ0v) is 17.4. The quantitative estimate of drug-likeness (QED) is 0.461. The van der Waals surface area contributed by atoms with E-state index in [1.165, 1.54) is 12.1 Å². The zero-order valence-electron chi connectivity index (χ0n) is 15.9. The molecule has 0 bridgehead atoms. The van der Waals surface area contributed by atoms with Crippen molar-refractivity contribution in [1.29, 1.82) is 0 Å². The molecule has 0 fully saturated rings. The lowest BCUT2D eigenvalue weighted by atomic mass is 9.94. The third kappa shape index (κ3) is 5.03. The van der Waals surface area contributed by atoms with E-state index in [9.17, 15) is 9.50 Å². The van der Waals surface area contributed by atoms with E-state index in [1.807, 2.05) is 31.2 Å². The van der Waals surface area contributed by atoms with Gasteiger partial charge in [0.2, 0.25) is 0 Å². The van der Waals surface area contributed by atoms with Crippen LogP contribution in [0.1, 0.15) is 5.56 Å². The third-order valence-corrected chi connectivity index (χ3v) is 4.75. The summed E-state index contributed by atoms with van der Waals surface area (Å²) in [6, 6.07) is 15.5. The molecule has 0 aliphatic heterocycles. The monoisotopic (exact) mass is 432 g/mol. The number of hydrogen-bond acceptors (Lipinski definition) is 3. The first-order chi connectivity index (χ1) is 13.9. The number of halogens is 3. The van der Waals surface area contributed by atoms with Gasteiger partial charge in [-0.25, -0.2) is 4.39 Å². The Hall–Kier alpha value is -2.69. The molecule has 0 saturated carbocycles. The molecule has 1 N–H and O–H groups in total. The number of benzene rings is 3. The van der Waals surface area contributed by atoms with E-state index in [1.54, 1.807) is 31.4 Å². The number of aromatic hydroxyl groups is 1. The Balaban J connectivity index is 1.96. The SMILES string of the molecule is COc1cc(-c2ccc(O)cc2)c(C)cc1-c1ccc(OCC=C(Cl)Cl)c(F)c1. The van der Waals surface area contributed by atoms with Gasteiger partial charge in [0.15, 0.2) is 11.6 Å². The topological polar surface area (TPSA) is 38.7 Å². The lowest BCUT2D eigenvalue weighted by molar-refractivity contribution is 0.341. The van der Waals surface area contributed by atoms with E-state index in [-0.39, 0.29) is 22.6 Å². The summed E-state index contributed by atoms with van der Waals surface area (Å²) in [7, 11) is 1.57. The van der Waals surface area contributed by atoms with Gasteiger partial charge in [0.05, 0.1) is 7.11 Å². The molecule has 0 radical (unpaired) electrons. The highest BCUT2D eigenvalue weighted by molar-refractivity contribution is 6.55. The number of phenols is 1. The fourth-order valence-electron chi connectivity index (χ4n) is 3.01. The van der Waals surface area contributed by atoms with E-state index in [0.717, 1.165) is 22.3 Å². The van der Waals surface area contributed by atoms with E-state index < -0.39 is 5.82 Å². The molecule has 0 saturated heterocycles. The van der Waals surface area contributed by atoms with E-state index in [2.05, 4.69) is 0 Å². The summed E-state index contributed by atoms with van der Waals surface area (Å²) in [6.07, 6.45) is 1.44. The van der Waals surface area contributed by atoms with Crippen molar-refractivity contribution in [2.45, 2.75) is 6.92 Å². The van der Waals surface area contributed by atoms with Crippen molar-refractivity contribution in [1.82, 2.24) is 0 Å². The fraction of sp³-hybridized carbons (Fsp3) is 0.130. The Labute approximate surface area is 178 Å². The maximum atomic E-state index is 14.5. The first-order valence-electron chi connectivity index (χ1n) is 8.81. The first kappa shape index (κ1) is 21.0. The summed E-state index contributed by atoms with van der Waals surface area (Å²) in [5.41, 5.74) is 4.34. The minimum absolute atomic E-state index is 0.0657. The third-order valence-electron chi connectivity index (χ3n) is 4.44. The summed E-state index contributed by atoms with van der Waals surface area (Å²) < 4.78 is 25.5. The van der Waals surface area contributed by atoms with Crippen LogP contribution in [0.3, 0.4) is 0 Å². The normalized spacial score (nSPS) is 10.5. The molecule has 6 heteroatoms. The van der Waals surface area contributed by atoms with Gasteiger partial charge in [-0.3, -0.25) is 0 Å². The van der Waals surface area contributed by atoms with Gasteiger partial charge >= 0.3 is 0 Å². The second-order valence-electron chi connectivity index (χ2n) is 6.36. The van der Waals surface area contributed by atoms with Crippen molar-refractivity contribution in [3.05, 3.63) is 76.5 Å². The molecule has 29 heavy (non-hydrogen) atoms. The van der Waals surface area contributed by atoms with Gasteiger partial charge < -0.3 is 14.6 Å². The molecule has 0 aliphatic carbocycles. The Kier molecular flexibility index (Phi) is 6.68. The van der Waals surface area contributed by atoms with Gasteiger partial charge in [-0.05, 0) is 71.7 Å². The molecule has 3 aromatic rings. The smallest absolute Gasteiger partial charge is 0.165 e. The highest BCUT2D eigenvalue weighted by Crippen LogP contribution is 2.38. The van der Waals surface area contributed by atoms with Gasteiger partial charge in [0.25, 0.3) is 0 Å². The largest absolute Gasteiger partial charge is 0.508 e. The summed E-state index contributed by atoms with van der Waals surface area (Å²) in [4.78, 5) is 0. The summed E-state index contributed by atoms with van der Waals surface area (Å²) in [5, 5.41) is 9.51. The molecular weight excluding hydrogens is 414 g/mol. The molecule has 0 heterocycles. The average molecular weight is 433 g/mol. The zero-order chi connectivity index (χ0) is 21.0. The molecule has 150 valence electrons. The maximum absolute atomic E-state index is 14.5. The van der Waals surface area contributed by atoms with Crippen LogP contribution >= 0.6 is 23.2 Å². The molecule has 0 atom stereocenters. The van der Waals surface area contributed by atoms with E-state index in [4.69, 9.17) is 32.7 Å². The van der Waals surface area contributed by atoms with Crippen LogP contribution in [-0.4, -0.2) is 18.8 Å². The number of phenolic OH excluding ortho intramolecular Hbond substituents is 1. The predicted molar refractivity (Wildman–Crippen MR) is 116 cm³/mol. The predicted octanol–water partition coefficient (Wildman–Crippen LogP) is 6.88. The average Bonchev–Trinajstić information content (AvgIpc) is 2.69. The van der Waals surface area contributed by atoms with Gasteiger partial charge in [-0.1, -0.05) is 41.4 Å². The van der Waals surface area contributed by atoms with Crippen LogP contribution in [0.15, 0.2) is 65.2 Å². The molecule has 3 nitrogen and oxygen atoms in total. The highest BCUT2D eigenvalue weighted by Gasteiger charge is 2.14. The summed E-state index contributed by atoms with van der Waals surface area (Å²) >= 11 is 11.1. The standard InChI is InChI=1S/C23H19Cl2FO3/c1-14-11-19(16-5-8-21(20(26)12-16)29-10-9-23(24)25)22(28-2)13-18(14)15-3-6-17(27)7-4-15/h3-9,11-13,27H,10H2,1-2H3. The molecule has 3 aromatic carbocycles. The minimum Gasteiger partial charge on any atom is -0.508 e. The van der Waals surface area contributed by atoms with Crippen LogP contribution in [0, 0.1) is 12.7 Å². The Morgan fingerprint density at radius 3 is 2.28 bits per heavy atom. The van der Waals surface area contributed by atoms with Crippen molar-refractivity contribution in [2.24, 2.45) is 0 Å². The fourth-order valence-corrected chi connectivity index (χ4v) is 3.14. The second kappa shape index (κ2) is 9.21. The minimum atomic E-state index is -0.496. The molecule has 0 aromatic heterocycles. The van der Waals surface area contributed by atoms with Gasteiger partial charge in [-0.15, -0.1) is 0 Å². The van der Waals surface area contributed by atoms with Crippen LogP contribution < -0.4 is 9.47 Å². The lowest BCUT2D eigenvalue weighted by Gasteiger charge is -2.15. The number of ether oxygens (including phenoxy) is 2. The molecule has 0 amide bonds. The van der Waals surface area contributed by atoms with Crippen molar-refractivity contribution >= 4 is 23.2 Å².